The SMILES string of the molecule is Cc1ccc(-n2nc(C)cc2NC(=O)CN(CCO)CCc2ccccc2)cc1. The third-order valence-corrected chi connectivity index (χ3v) is 4.72. The number of nitrogens with zero attached hydrogens (tertiary/aromatic N) is 3. The lowest BCUT2D eigenvalue weighted by Crippen LogP contribution is -2.37. The summed E-state index contributed by atoms with van der Waals surface area (Å²) in [6, 6.07) is 20.0. The van der Waals surface area contributed by atoms with Gasteiger partial charge in [0, 0.05) is 19.2 Å². The number of hydrogen-bond donors (Lipinski definition) is 2. The molecule has 0 spiro atoms. The molecule has 0 atom stereocenters. The minimum atomic E-state index is -0.125. The first kappa shape index (κ1) is 20.8. The van der Waals surface area contributed by atoms with Crippen molar-refractivity contribution >= 4 is 11.7 Å². The van der Waals surface area contributed by atoms with Crippen molar-refractivity contribution < 1.29 is 9.90 Å². The van der Waals surface area contributed by atoms with E-state index in [4.69, 9.17) is 0 Å². The topological polar surface area (TPSA) is 70.4 Å². The zero-order chi connectivity index (χ0) is 20.6. The number of amides is 1. The lowest BCUT2D eigenvalue weighted by atomic mass is 10.1. The highest BCUT2D eigenvalue weighted by atomic mass is 16.3. The van der Waals surface area contributed by atoms with Crippen LogP contribution in [0.15, 0.2) is 60.7 Å². The first-order chi connectivity index (χ1) is 14.0. The minimum Gasteiger partial charge on any atom is -0.395 e. The maximum absolute atomic E-state index is 12.7. The molecule has 3 aromatic rings. The molecule has 2 aromatic carbocycles. The van der Waals surface area contributed by atoms with E-state index in [2.05, 4.69) is 22.5 Å². The summed E-state index contributed by atoms with van der Waals surface area (Å²) in [5.74, 6) is 0.517. The number of nitrogens with one attached hydrogen (secondary N) is 1. The first-order valence-electron chi connectivity index (χ1n) is 9.86. The van der Waals surface area contributed by atoms with Gasteiger partial charge < -0.3 is 10.4 Å². The van der Waals surface area contributed by atoms with E-state index in [0.717, 1.165) is 17.8 Å². The van der Waals surface area contributed by atoms with E-state index in [0.29, 0.717) is 18.9 Å². The lowest BCUT2D eigenvalue weighted by molar-refractivity contribution is -0.117. The molecule has 6 nitrogen and oxygen atoms in total. The van der Waals surface area contributed by atoms with Gasteiger partial charge in [-0.05, 0) is 38.0 Å². The number of hydrogen-bond acceptors (Lipinski definition) is 4. The molecule has 0 aliphatic rings. The van der Waals surface area contributed by atoms with Gasteiger partial charge in [0.25, 0.3) is 0 Å². The van der Waals surface area contributed by atoms with E-state index < -0.39 is 0 Å². The van der Waals surface area contributed by atoms with Crippen LogP contribution in [0.1, 0.15) is 16.8 Å². The Morgan fingerprint density at radius 1 is 1.07 bits per heavy atom. The number of carbonyl (C=O) groups excluding carboxylic acids is 1. The molecule has 0 saturated carbocycles. The zero-order valence-corrected chi connectivity index (χ0v) is 17.0. The molecular formula is C23H28N4O2. The van der Waals surface area contributed by atoms with Gasteiger partial charge in [-0.2, -0.15) is 5.10 Å². The summed E-state index contributed by atoms with van der Waals surface area (Å²) in [5.41, 5.74) is 4.11. The van der Waals surface area contributed by atoms with Gasteiger partial charge in [0.15, 0.2) is 0 Å². The molecule has 152 valence electrons. The van der Waals surface area contributed by atoms with Crippen LogP contribution in [-0.4, -0.2) is 51.9 Å². The predicted molar refractivity (Wildman–Crippen MR) is 115 cm³/mol. The summed E-state index contributed by atoms with van der Waals surface area (Å²) >= 11 is 0. The molecule has 3 rings (SSSR count). The summed E-state index contributed by atoms with van der Waals surface area (Å²) < 4.78 is 1.74. The number of rotatable bonds is 9. The molecule has 0 fully saturated rings. The molecule has 0 radical (unpaired) electrons. The molecular weight excluding hydrogens is 364 g/mol. The van der Waals surface area contributed by atoms with Crippen LogP contribution in [0.25, 0.3) is 5.69 Å². The van der Waals surface area contributed by atoms with Gasteiger partial charge in [-0.1, -0.05) is 48.0 Å². The largest absolute Gasteiger partial charge is 0.395 e. The van der Waals surface area contributed by atoms with Crippen LogP contribution in [0.4, 0.5) is 5.82 Å². The van der Waals surface area contributed by atoms with Gasteiger partial charge >= 0.3 is 0 Å². The van der Waals surface area contributed by atoms with Gasteiger partial charge in [0.2, 0.25) is 5.91 Å². The van der Waals surface area contributed by atoms with Gasteiger partial charge in [-0.25, -0.2) is 4.68 Å². The fourth-order valence-electron chi connectivity index (χ4n) is 3.20. The monoisotopic (exact) mass is 392 g/mol. The molecule has 0 aliphatic carbocycles. The van der Waals surface area contributed by atoms with Crippen LogP contribution >= 0.6 is 0 Å². The van der Waals surface area contributed by atoms with Crippen LogP contribution < -0.4 is 5.32 Å². The quantitative estimate of drug-likeness (QED) is 0.587. The zero-order valence-electron chi connectivity index (χ0n) is 17.0. The van der Waals surface area contributed by atoms with Crippen LogP contribution in [0.3, 0.4) is 0 Å². The van der Waals surface area contributed by atoms with Gasteiger partial charge in [-0.3, -0.25) is 9.69 Å². The van der Waals surface area contributed by atoms with Crippen molar-refractivity contribution in [3.05, 3.63) is 77.5 Å². The molecule has 0 saturated heterocycles. The average Bonchev–Trinajstić information content (AvgIpc) is 3.07. The van der Waals surface area contributed by atoms with E-state index in [1.54, 1.807) is 4.68 Å². The Morgan fingerprint density at radius 3 is 2.48 bits per heavy atom. The number of aliphatic hydroxyl groups excluding tert-OH is 1. The predicted octanol–water partition coefficient (Wildman–Crippen LogP) is 2.96. The van der Waals surface area contributed by atoms with Crippen molar-refractivity contribution in [2.24, 2.45) is 0 Å². The summed E-state index contributed by atoms with van der Waals surface area (Å²) in [4.78, 5) is 14.6. The molecule has 6 heteroatoms. The second-order valence-corrected chi connectivity index (χ2v) is 7.20. The summed E-state index contributed by atoms with van der Waals surface area (Å²) in [6.07, 6.45) is 0.828. The Balaban J connectivity index is 1.65. The molecule has 1 heterocycles. The Morgan fingerprint density at radius 2 is 1.79 bits per heavy atom. The number of benzene rings is 2. The second kappa shape index (κ2) is 10.0. The maximum Gasteiger partial charge on any atom is 0.239 e. The summed E-state index contributed by atoms with van der Waals surface area (Å²) in [7, 11) is 0. The number of aryl methyl sites for hydroxylation is 2. The molecule has 0 unspecified atom stereocenters. The summed E-state index contributed by atoms with van der Waals surface area (Å²) in [5, 5.41) is 16.8. The van der Waals surface area contributed by atoms with Crippen LogP contribution in [-0.2, 0) is 11.2 Å². The van der Waals surface area contributed by atoms with Crippen molar-refractivity contribution in [2.45, 2.75) is 20.3 Å². The van der Waals surface area contributed by atoms with Crippen molar-refractivity contribution in [3.63, 3.8) is 0 Å². The third kappa shape index (κ3) is 6.01. The highest BCUT2D eigenvalue weighted by molar-refractivity contribution is 5.91. The molecule has 1 aromatic heterocycles. The van der Waals surface area contributed by atoms with Crippen LogP contribution in [0.5, 0.6) is 0 Å². The molecule has 2 N–H and O–H groups in total. The van der Waals surface area contributed by atoms with E-state index in [9.17, 15) is 9.90 Å². The van der Waals surface area contributed by atoms with Crippen LogP contribution in [0.2, 0.25) is 0 Å². The normalized spacial score (nSPS) is 11.0. The highest BCUT2D eigenvalue weighted by Gasteiger charge is 2.14. The number of carbonyl (C=O) groups is 1. The Bertz CT molecular complexity index is 920. The lowest BCUT2D eigenvalue weighted by Gasteiger charge is -2.21. The van der Waals surface area contributed by atoms with E-state index >= 15 is 0 Å². The second-order valence-electron chi connectivity index (χ2n) is 7.20. The number of aromatic nitrogens is 2. The van der Waals surface area contributed by atoms with E-state index in [1.807, 2.05) is 67.3 Å². The maximum atomic E-state index is 12.7. The van der Waals surface area contributed by atoms with E-state index in [-0.39, 0.29) is 19.1 Å². The Hall–Kier alpha value is -2.96. The van der Waals surface area contributed by atoms with Crippen molar-refractivity contribution in [3.8, 4) is 5.69 Å². The standard InChI is InChI=1S/C23H28N4O2/c1-18-8-10-21(11-9-18)27-22(16-19(2)25-27)24-23(29)17-26(14-15-28)13-12-20-6-4-3-5-7-20/h3-11,16,28H,12-15,17H2,1-2H3,(H,24,29). The van der Waals surface area contributed by atoms with Crippen molar-refractivity contribution in [1.29, 1.82) is 0 Å². The smallest absolute Gasteiger partial charge is 0.239 e. The third-order valence-electron chi connectivity index (χ3n) is 4.72. The highest BCUT2D eigenvalue weighted by Crippen LogP contribution is 2.17. The number of aliphatic hydroxyl groups is 1. The fourth-order valence-corrected chi connectivity index (χ4v) is 3.20. The Kier molecular flexibility index (Phi) is 7.16. The number of anilines is 1. The Labute approximate surface area is 171 Å². The molecule has 0 aliphatic heterocycles. The van der Waals surface area contributed by atoms with Gasteiger partial charge in [0.1, 0.15) is 5.82 Å². The van der Waals surface area contributed by atoms with Crippen molar-refractivity contribution in [1.82, 2.24) is 14.7 Å². The molecule has 29 heavy (non-hydrogen) atoms. The summed E-state index contributed by atoms with van der Waals surface area (Å²) in [6.45, 7) is 5.32. The first-order valence-corrected chi connectivity index (χ1v) is 9.86. The minimum absolute atomic E-state index is 0.0163. The average molecular weight is 393 g/mol. The van der Waals surface area contributed by atoms with Gasteiger partial charge in [-0.15, -0.1) is 0 Å². The van der Waals surface area contributed by atoms with Crippen LogP contribution in [0, 0.1) is 13.8 Å². The fraction of sp³-hybridized carbons (Fsp3) is 0.304. The molecule has 1 amide bonds. The molecule has 0 bridgehead atoms. The van der Waals surface area contributed by atoms with Crippen molar-refractivity contribution in [2.75, 3.05) is 31.6 Å². The van der Waals surface area contributed by atoms with E-state index in [1.165, 1.54) is 11.1 Å². The van der Waals surface area contributed by atoms with Gasteiger partial charge in [0.05, 0.1) is 24.5 Å².